The highest BCUT2D eigenvalue weighted by molar-refractivity contribution is 5.78. The molecule has 0 aliphatic carbocycles. The van der Waals surface area contributed by atoms with Crippen LogP contribution in [-0.4, -0.2) is 42.1 Å². The van der Waals surface area contributed by atoms with Crippen LogP contribution in [0.3, 0.4) is 0 Å². The number of pyridine rings is 1. The number of rotatable bonds is 5. The second-order valence-electron chi connectivity index (χ2n) is 5.02. The zero-order valence-electron chi connectivity index (χ0n) is 11.5. The number of carbonyl (C=O) groups is 1. The molecule has 4 heteroatoms. The lowest BCUT2D eigenvalue weighted by Gasteiger charge is -2.35. The van der Waals surface area contributed by atoms with Crippen molar-refractivity contribution in [2.45, 2.75) is 38.1 Å². The second kappa shape index (κ2) is 7.24. The normalized spacial score (nSPS) is 19.4. The topological polar surface area (TPSA) is 42.4 Å². The number of hydrogen-bond acceptors (Lipinski definition) is 3. The Bertz CT molecular complexity index is 394. The summed E-state index contributed by atoms with van der Waals surface area (Å²) in [5, 5.41) is 0. The van der Waals surface area contributed by atoms with Gasteiger partial charge in [0.2, 0.25) is 5.91 Å². The lowest BCUT2D eigenvalue weighted by atomic mass is 9.99. The van der Waals surface area contributed by atoms with Gasteiger partial charge in [-0.05, 0) is 37.8 Å². The molecule has 1 aromatic rings. The van der Waals surface area contributed by atoms with Crippen molar-refractivity contribution in [1.82, 2.24) is 9.88 Å². The highest BCUT2D eigenvalue weighted by atomic mass is 16.5. The van der Waals surface area contributed by atoms with Crippen LogP contribution in [0.4, 0.5) is 0 Å². The van der Waals surface area contributed by atoms with Gasteiger partial charge in [-0.2, -0.15) is 0 Å². The predicted octanol–water partition coefficient (Wildman–Crippen LogP) is 2.04. The summed E-state index contributed by atoms with van der Waals surface area (Å²) in [5.74, 6) is 0.194. The molecule has 0 bridgehead atoms. The van der Waals surface area contributed by atoms with Gasteiger partial charge in [0.15, 0.2) is 0 Å². The minimum Gasteiger partial charge on any atom is -0.385 e. The molecule has 0 N–H and O–H groups in total. The maximum atomic E-state index is 12.4. The van der Waals surface area contributed by atoms with Crippen LogP contribution in [0.2, 0.25) is 0 Å². The Labute approximate surface area is 114 Å². The molecule has 1 amide bonds. The van der Waals surface area contributed by atoms with Gasteiger partial charge in [0.05, 0.1) is 6.42 Å². The largest absolute Gasteiger partial charge is 0.385 e. The van der Waals surface area contributed by atoms with Gasteiger partial charge in [-0.1, -0.05) is 6.07 Å². The maximum absolute atomic E-state index is 12.4. The quantitative estimate of drug-likeness (QED) is 0.815. The van der Waals surface area contributed by atoms with E-state index in [-0.39, 0.29) is 5.91 Å². The summed E-state index contributed by atoms with van der Waals surface area (Å²) in [6.07, 6.45) is 6.49. The average Bonchev–Trinajstić information content (AvgIpc) is 2.46. The molecule has 19 heavy (non-hydrogen) atoms. The molecule has 0 aromatic carbocycles. The Balaban J connectivity index is 1.95. The summed E-state index contributed by atoms with van der Waals surface area (Å²) in [4.78, 5) is 18.6. The highest BCUT2D eigenvalue weighted by Gasteiger charge is 2.26. The number of likely N-dealkylation sites (tertiary alicyclic amines) is 1. The summed E-state index contributed by atoms with van der Waals surface area (Å²) in [7, 11) is 1.71. The van der Waals surface area contributed by atoms with Crippen LogP contribution >= 0.6 is 0 Å². The molecule has 2 rings (SSSR count). The molecule has 2 heterocycles. The van der Waals surface area contributed by atoms with E-state index in [4.69, 9.17) is 4.74 Å². The first-order valence-electron chi connectivity index (χ1n) is 6.99. The fourth-order valence-electron chi connectivity index (χ4n) is 2.64. The van der Waals surface area contributed by atoms with Gasteiger partial charge in [-0.15, -0.1) is 0 Å². The third-order valence-corrected chi connectivity index (χ3v) is 3.66. The molecule has 0 spiro atoms. The lowest BCUT2D eigenvalue weighted by molar-refractivity contribution is -0.134. The van der Waals surface area contributed by atoms with E-state index in [1.165, 1.54) is 6.42 Å². The van der Waals surface area contributed by atoms with E-state index in [0.29, 0.717) is 12.5 Å². The summed E-state index contributed by atoms with van der Waals surface area (Å²) in [5.41, 5.74) is 0.851. The Morgan fingerprint density at radius 2 is 2.37 bits per heavy atom. The SMILES string of the molecule is COCCC1CCCCN1C(=O)Cc1ccccn1. The van der Waals surface area contributed by atoms with E-state index >= 15 is 0 Å². The fraction of sp³-hybridized carbons (Fsp3) is 0.600. The van der Waals surface area contributed by atoms with E-state index in [1.807, 2.05) is 23.1 Å². The molecule has 0 saturated carbocycles. The molecule has 1 unspecified atom stereocenters. The molecule has 1 saturated heterocycles. The van der Waals surface area contributed by atoms with Crippen LogP contribution in [0.5, 0.6) is 0 Å². The second-order valence-corrected chi connectivity index (χ2v) is 5.02. The summed E-state index contributed by atoms with van der Waals surface area (Å²) in [6, 6.07) is 6.04. The van der Waals surface area contributed by atoms with E-state index in [0.717, 1.165) is 38.1 Å². The van der Waals surface area contributed by atoms with Crippen LogP contribution in [-0.2, 0) is 16.0 Å². The van der Waals surface area contributed by atoms with Crippen molar-refractivity contribution in [3.63, 3.8) is 0 Å². The first-order chi connectivity index (χ1) is 9.31. The predicted molar refractivity (Wildman–Crippen MR) is 73.8 cm³/mol. The van der Waals surface area contributed by atoms with Crippen molar-refractivity contribution in [3.8, 4) is 0 Å². The molecule has 4 nitrogen and oxygen atoms in total. The summed E-state index contributed by atoms with van der Waals surface area (Å²) in [6.45, 7) is 1.60. The third kappa shape index (κ3) is 4.03. The van der Waals surface area contributed by atoms with Gasteiger partial charge in [0.25, 0.3) is 0 Å². The van der Waals surface area contributed by atoms with Crippen molar-refractivity contribution in [2.75, 3.05) is 20.3 Å². The molecule has 0 radical (unpaired) electrons. The van der Waals surface area contributed by atoms with Gasteiger partial charge in [-0.25, -0.2) is 0 Å². The summed E-state index contributed by atoms with van der Waals surface area (Å²) >= 11 is 0. The smallest absolute Gasteiger partial charge is 0.228 e. The Hall–Kier alpha value is -1.42. The van der Waals surface area contributed by atoms with Gasteiger partial charge in [0, 0.05) is 38.2 Å². The van der Waals surface area contributed by atoms with Crippen molar-refractivity contribution >= 4 is 5.91 Å². The maximum Gasteiger partial charge on any atom is 0.228 e. The first-order valence-corrected chi connectivity index (χ1v) is 6.99. The minimum atomic E-state index is 0.194. The number of hydrogen-bond donors (Lipinski definition) is 0. The van der Waals surface area contributed by atoms with Gasteiger partial charge in [0.1, 0.15) is 0 Å². The molecule has 1 atom stereocenters. The number of carbonyl (C=O) groups excluding carboxylic acids is 1. The molecule has 104 valence electrons. The average molecular weight is 262 g/mol. The monoisotopic (exact) mass is 262 g/mol. The van der Waals surface area contributed by atoms with Crippen molar-refractivity contribution in [3.05, 3.63) is 30.1 Å². The molecule has 1 aliphatic rings. The van der Waals surface area contributed by atoms with Gasteiger partial charge < -0.3 is 9.64 Å². The van der Waals surface area contributed by atoms with E-state index in [9.17, 15) is 4.79 Å². The summed E-state index contributed by atoms with van der Waals surface area (Å²) < 4.78 is 5.14. The first kappa shape index (κ1) is 14.0. The zero-order chi connectivity index (χ0) is 13.5. The van der Waals surface area contributed by atoms with Crippen molar-refractivity contribution in [2.24, 2.45) is 0 Å². The number of aromatic nitrogens is 1. The number of amides is 1. The van der Waals surface area contributed by atoms with Crippen LogP contribution in [0.25, 0.3) is 0 Å². The minimum absolute atomic E-state index is 0.194. The number of methoxy groups -OCH3 is 1. The van der Waals surface area contributed by atoms with E-state index in [1.54, 1.807) is 13.3 Å². The Morgan fingerprint density at radius 3 is 3.11 bits per heavy atom. The number of nitrogens with zero attached hydrogens (tertiary/aromatic N) is 2. The molecule has 1 aliphatic heterocycles. The Kier molecular flexibility index (Phi) is 5.33. The van der Waals surface area contributed by atoms with Crippen LogP contribution in [0.1, 0.15) is 31.4 Å². The van der Waals surface area contributed by atoms with Gasteiger partial charge in [-0.3, -0.25) is 9.78 Å². The molecule has 1 aromatic heterocycles. The molecule has 1 fully saturated rings. The standard InChI is InChI=1S/C15H22N2O2/c1-19-11-8-14-7-3-5-10-17(14)15(18)12-13-6-2-4-9-16-13/h2,4,6,9,14H,3,5,7-8,10-12H2,1H3. The molecular formula is C15H22N2O2. The van der Waals surface area contributed by atoms with E-state index < -0.39 is 0 Å². The number of ether oxygens (including phenoxy) is 1. The third-order valence-electron chi connectivity index (χ3n) is 3.66. The number of piperidine rings is 1. The van der Waals surface area contributed by atoms with E-state index in [2.05, 4.69) is 4.98 Å². The highest BCUT2D eigenvalue weighted by Crippen LogP contribution is 2.20. The zero-order valence-corrected chi connectivity index (χ0v) is 11.5. The fourth-order valence-corrected chi connectivity index (χ4v) is 2.64. The van der Waals surface area contributed by atoms with Crippen LogP contribution in [0.15, 0.2) is 24.4 Å². The van der Waals surface area contributed by atoms with Crippen molar-refractivity contribution < 1.29 is 9.53 Å². The van der Waals surface area contributed by atoms with Gasteiger partial charge >= 0.3 is 0 Å². The molecular weight excluding hydrogens is 240 g/mol. The Morgan fingerprint density at radius 1 is 1.47 bits per heavy atom. The van der Waals surface area contributed by atoms with Crippen molar-refractivity contribution in [1.29, 1.82) is 0 Å². The van der Waals surface area contributed by atoms with Crippen LogP contribution < -0.4 is 0 Å². The lowest BCUT2D eigenvalue weighted by Crippen LogP contribution is -2.45. The van der Waals surface area contributed by atoms with Crippen LogP contribution in [0, 0.1) is 0 Å².